The third kappa shape index (κ3) is 2.35. The quantitative estimate of drug-likeness (QED) is 0.774. The van der Waals surface area contributed by atoms with Crippen molar-refractivity contribution in [3.8, 4) is 0 Å². The number of aliphatic carboxylic acids is 2. The van der Waals surface area contributed by atoms with E-state index in [-0.39, 0.29) is 11.7 Å². The number of carboxylic acids is 2. The van der Waals surface area contributed by atoms with Gasteiger partial charge in [0.15, 0.2) is 0 Å². The first-order chi connectivity index (χ1) is 8.23. The van der Waals surface area contributed by atoms with Gasteiger partial charge in [-0.25, -0.2) is 9.59 Å². The van der Waals surface area contributed by atoms with E-state index in [0.29, 0.717) is 5.57 Å². The Balaban J connectivity index is 3.34. The number of allylic oxidation sites excluding steroid dienone is 2. The van der Waals surface area contributed by atoms with Gasteiger partial charge in [0, 0.05) is 0 Å². The van der Waals surface area contributed by atoms with Crippen molar-refractivity contribution >= 4 is 27.9 Å². The lowest BCUT2D eigenvalue weighted by molar-refractivity contribution is -0.164. The van der Waals surface area contributed by atoms with E-state index in [2.05, 4.69) is 15.9 Å². The van der Waals surface area contributed by atoms with E-state index < -0.39 is 22.4 Å². The predicted molar refractivity (Wildman–Crippen MR) is 68.8 cm³/mol. The van der Waals surface area contributed by atoms with Crippen LogP contribution in [-0.4, -0.2) is 38.7 Å². The largest absolute Gasteiger partial charge is 0.479 e. The predicted octanol–water partition coefficient (Wildman–Crippen LogP) is 1.97. The van der Waals surface area contributed by atoms with E-state index in [1.54, 1.807) is 20.8 Å². The highest BCUT2D eigenvalue weighted by atomic mass is 79.9. The minimum atomic E-state index is -1.68. The van der Waals surface area contributed by atoms with E-state index in [1.807, 2.05) is 0 Å². The molecule has 0 heterocycles. The number of rotatable bonds is 4. The minimum Gasteiger partial charge on any atom is -0.479 e. The van der Waals surface area contributed by atoms with E-state index in [1.165, 1.54) is 12.2 Å². The van der Waals surface area contributed by atoms with E-state index in [9.17, 15) is 14.7 Å². The smallest absolute Gasteiger partial charge is 0.341 e. The van der Waals surface area contributed by atoms with Crippen molar-refractivity contribution < 1.29 is 24.5 Å². The Morgan fingerprint density at radius 2 is 1.94 bits per heavy atom. The average molecular weight is 319 g/mol. The molecule has 0 fully saturated rings. The molecule has 1 rings (SSSR count). The molecule has 0 radical (unpaired) electrons. The zero-order valence-corrected chi connectivity index (χ0v) is 11.9. The normalized spacial score (nSPS) is 27.7. The number of carboxylic acid groups (broad SMARTS) is 2. The molecular formula is C12H15BrO5. The maximum atomic E-state index is 11.6. The number of alkyl halides is 1. The number of hydrogen-bond acceptors (Lipinski definition) is 3. The first-order valence-corrected chi connectivity index (χ1v) is 6.32. The first kappa shape index (κ1) is 14.9. The van der Waals surface area contributed by atoms with Crippen LogP contribution >= 0.6 is 15.9 Å². The Kier molecular flexibility index (Phi) is 4.34. The van der Waals surface area contributed by atoms with Crippen LogP contribution in [0.1, 0.15) is 20.8 Å². The summed E-state index contributed by atoms with van der Waals surface area (Å²) in [6.07, 6.45) is 2.51. The number of carbonyl (C=O) groups is 2. The summed E-state index contributed by atoms with van der Waals surface area (Å²) in [6, 6.07) is 0. The third-order valence-corrected chi connectivity index (χ3v) is 3.85. The summed E-state index contributed by atoms with van der Waals surface area (Å²) in [6.45, 7) is 5.02. The minimum absolute atomic E-state index is 0.0383. The van der Waals surface area contributed by atoms with Crippen LogP contribution in [0, 0.1) is 0 Å². The molecule has 5 nitrogen and oxygen atoms in total. The lowest BCUT2D eigenvalue weighted by Crippen LogP contribution is -2.54. The Morgan fingerprint density at radius 3 is 2.33 bits per heavy atom. The van der Waals surface area contributed by atoms with Gasteiger partial charge in [0.05, 0.1) is 16.5 Å². The first-order valence-electron chi connectivity index (χ1n) is 5.41. The number of halogens is 1. The van der Waals surface area contributed by atoms with Crippen LogP contribution in [0.25, 0.3) is 0 Å². The fourth-order valence-corrected chi connectivity index (χ4v) is 2.89. The second-order valence-corrected chi connectivity index (χ2v) is 5.26. The van der Waals surface area contributed by atoms with Gasteiger partial charge in [-0.2, -0.15) is 0 Å². The van der Waals surface area contributed by atoms with Gasteiger partial charge < -0.3 is 14.9 Å². The van der Waals surface area contributed by atoms with Gasteiger partial charge in [-0.15, -0.1) is 0 Å². The van der Waals surface area contributed by atoms with Crippen LogP contribution in [0.5, 0.6) is 0 Å². The molecular weight excluding hydrogens is 304 g/mol. The fraction of sp³-hybridized carbons (Fsp3) is 0.500. The van der Waals surface area contributed by atoms with Crippen molar-refractivity contribution in [2.75, 3.05) is 0 Å². The van der Waals surface area contributed by atoms with Gasteiger partial charge in [0.1, 0.15) is 0 Å². The standard InChI is InChI=1S/C12H15BrO5/c1-6(2)18-12(11(16)17)7(3)4-5-8(9(12)13)10(14)15/h4-6,9H,1-3H3,(H,14,15)(H,16,17). The maximum Gasteiger partial charge on any atom is 0.341 e. The lowest BCUT2D eigenvalue weighted by atomic mass is 9.82. The summed E-state index contributed by atoms with van der Waals surface area (Å²) in [5, 5.41) is 18.5. The van der Waals surface area contributed by atoms with Crippen molar-refractivity contribution in [3.05, 3.63) is 23.3 Å². The second kappa shape index (κ2) is 5.24. The molecule has 2 N–H and O–H groups in total. The molecule has 18 heavy (non-hydrogen) atoms. The second-order valence-electron chi connectivity index (χ2n) is 4.35. The molecule has 0 amide bonds. The van der Waals surface area contributed by atoms with Crippen molar-refractivity contribution in [3.63, 3.8) is 0 Å². The van der Waals surface area contributed by atoms with Crippen LogP contribution < -0.4 is 0 Å². The lowest BCUT2D eigenvalue weighted by Gasteiger charge is -2.38. The van der Waals surface area contributed by atoms with Gasteiger partial charge in [-0.1, -0.05) is 28.1 Å². The zero-order valence-electron chi connectivity index (χ0n) is 10.3. The van der Waals surface area contributed by atoms with Gasteiger partial charge in [-0.05, 0) is 26.3 Å². The molecule has 2 atom stereocenters. The Morgan fingerprint density at radius 1 is 1.39 bits per heavy atom. The molecule has 0 aliphatic heterocycles. The van der Waals surface area contributed by atoms with Crippen molar-refractivity contribution in [2.45, 2.75) is 37.3 Å². The van der Waals surface area contributed by atoms with Gasteiger partial charge in [0.2, 0.25) is 5.60 Å². The molecule has 0 bridgehead atoms. The van der Waals surface area contributed by atoms with Crippen LogP contribution in [-0.2, 0) is 14.3 Å². The van der Waals surface area contributed by atoms with Gasteiger partial charge in [-0.3, -0.25) is 0 Å². The SMILES string of the molecule is CC1=CC=C(C(=O)O)C(Br)C1(OC(C)C)C(=O)O. The molecule has 0 saturated heterocycles. The summed E-state index contributed by atoms with van der Waals surface area (Å²) in [5.74, 6) is -2.38. The molecule has 6 heteroatoms. The van der Waals surface area contributed by atoms with Crippen LogP contribution in [0.2, 0.25) is 0 Å². The van der Waals surface area contributed by atoms with Gasteiger partial charge in [0.25, 0.3) is 0 Å². The van der Waals surface area contributed by atoms with Crippen LogP contribution in [0.15, 0.2) is 23.3 Å². The van der Waals surface area contributed by atoms with Crippen LogP contribution in [0.3, 0.4) is 0 Å². The molecule has 1 aliphatic carbocycles. The Hall–Kier alpha value is -1.14. The summed E-state index contributed by atoms with van der Waals surface area (Å²) >= 11 is 3.15. The molecule has 0 aromatic heterocycles. The maximum absolute atomic E-state index is 11.6. The molecule has 0 spiro atoms. The zero-order chi connectivity index (χ0) is 14.1. The Bertz CT molecular complexity index is 438. The highest BCUT2D eigenvalue weighted by molar-refractivity contribution is 9.09. The third-order valence-electron chi connectivity index (χ3n) is 2.71. The van der Waals surface area contributed by atoms with Gasteiger partial charge >= 0.3 is 11.9 Å². The highest BCUT2D eigenvalue weighted by Crippen LogP contribution is 2.39. The van der Waals surface area contributed by atoms with E-state index >= 15 is 0 Å². The molecule has 0 aromatic carbocycles. The van der Waals surface area contributed by atoms with Crippen LogP contribution in [0.4, 0.5) is 0 Å². The van der Waals surface area contributed by atoms with Crippen molar-refractivity contribution in [1.82, 2.24) is 0 Å². The molecule has 1 aliphatic rings. The van der Waals surface area contributed by atoms with E-state index in [4.69, 9.17) is 9.84 Å². The summed E-state index contributed by atoms with van der Waals surface area (Å²) < 4.78 is 5.53. The molecule has 0 aromatic rings. The summed E-state index contributed by atoms with van der Waals surface area (Å²) in [5.41, 5.74) is -1.27. The summed E-state index contributed by atoms with van der Waals surface area (Å²) in [4.78, 5) is 21.7. The Labute approximate surface area is 113 Å². The fourth-order valence-electron chi connectivity index (χ4n) is 1.87. The summed E-state index contributed by atoms with van der Waals surface area (Å²) in [7, 11) is 0. The molecule has 100 valence electrons. The van der Waals surface area contributed by atoms with Crippen molar-refractivity contribution in [2.24, 2.45) is 0 Å². The highest BCUT2D eigenvalue weighted by Gasteiger charge is 2.52. The molecule has 2 unspecified atom stereocenters. The van der Waals surface area contributed by atoms with Crippen molar-refractivity contribution in [1.29, 1.82) is 0 Å². The molecule has 0 saturated carbocycles. The number of hydrogen-bond donors (Lipinski definition) is 2. The van der Waals surface area contributed by atoms with E-state index in [0.717, 1.165) is 0 Å². The monoisotopic (exact) mass is 318 g/mol. The number of ether oxygens (including phenoxy) is 1. The average Bonchev–Trinajstić information content (AvgIpc) is 2.22. The topological polar surface area (TPSA) is 83.8 Å².